The van der Waals surface area contributed by atoms with E-state index in [2.05, 4.69) is 25.8 Å². The summed E-state index contributed by atoms with van der Waals surface area (Å²) in [4.78, 5) is 16.6. The van der Waals surface area contributed by atoms with Crippen LogP contribution in [0.2, 0.25) is 0 Å². The Labute approximate surface area is 127 Å². The normalized spacial score (nSPS) is 16.9. The van der Waals surface area contributed by atoms with Crippen molar-refractivity contribution < 1.29 is 9.53 Å². The number of allylic oxidation sites excluding steroid dienone is 1. The summed E-state index contributed by atoms with van der Waals surface area (Å²) >= 11 is 0. The van der Waals surface area contributed by atoms with E-state index in [9.17, 15) is 4.79 Å². The van der Waals surface area contributed by atoms with Crippen LogP contribution >= 0.6 is 0 Å². The molecule has 2 aromatic rings. The van der Waals surface area contributed by atoms with Crippen molar-refractivity contribution in [3.05, 3.63) is 41.4 Å². The van der Waals surface area contributed by atoms with E-state index in [1.54, 1.807) is 17.1 Å². The summed E-state index contributed by atoms with van der Waals surface area (Å²) in [7, 11) is 0. The highest BCUT2D eigenvalue weighted by Gasteiger charge is 2.34. The first-order chi connectivity index (χ1) is 10.7. The smallest absolute Gasteiger partial charge is 0.338 e. The maximum Gasteiger partial charge on any atom is 0.338 e. The van der Waals surface area contributed by atoms with Crippen molar-refractivity contribution in [1.29, 1.82) is 0 Å². The number of carbonyl (C=O) groups excluding carboxylic acids is 1. The van der Waals surface area contributed by atoms with Gasteiger partial charge in [0.05, 0.1) is 12.2 Å². The quantitative estimate of drug-likeness (QED) is 0.850. The number of nitrogens with zero attached hydrogens (tertiary/aromatic N) is 5. The second kappa shape index (κ2) is 5.92. The van der Waals surface area contributed by atoms with Gasteiger partial charge in [0.25, 0.3) is 0 Å². The number of nitrogens with one attached hydrogen (secondary N) is 1. The second-order valence-corrected chi connectivity index (χ2v) is 4.94. The fraction of sp³-hybridized carbons (Fsp3) is 0.357. The topological polar surface area (TPSA) is 94.8 Å². The number of carbonyl (C=O) groups is 1. The molecule has 1 atom stereocenters. The Balaban J connectivity index is 2.06. The molecule has 0 bridgehead atoms. The standard InChI is InChI=1S/C14H16N6O2/c1-3-7-22-13(21)11-9(2)16-14-17-18-19-20(14)12(11)10-5-4-6-15-8-10/h4-6,8,12H,3,7H2,1-2H3,(H,16,17,19). The average Bonchev–Trinajstić information content (AvgIpc) is 2.99. The van der Waals surface area contributed by atoms with Gasteiger partial charge in [0.1, 0.15) is 6.04 Å². The molecule has 0 aromatic carbocycles. The van der Waals surface area contributed by atoms with Crippen LogP contribution in [0.1, 0.15) is 31.9 Å². The maximum absolute atomic E-state index is 12.5. The van der Waals surface area contributed by atoms with E-state index in [0.29, 0.717) is 23.8 Å². The molecule has 0 amide bonds. The minimum atomic E-state index is -0.454. The summed E-state index contributed by atoms with van der Waals surface area (Å²) in [6, 6.07) is 3.24. The Hall–Kier alpha value is -2.77. The Morgan fingerprint density at radius 2 is 2.36 bits per heavy atom. The third-order valence-electron chi connectivity index (χ3n) is 3.37. The number of esters is 1. The first kappa shape index (κ1) is 14.2. The number of fused-ring (bicyclic) bond motifs is 1. The monoisotopic (exact) mass is 300 g/mol. The van der Waals surface area contributed by atoms with Gasteiger partial charge in [0.2, 0.25) is 5.95 Å². The number of ether oxygens (including phenoxy) is 1. The summed E-state index contributed by atoms with van der Waals surface area (Å²) in [5, 5.41) is 14.6. The summed E-state index contributed by atoms with van der Waals surface area (Å²) in [6.07, 6.45) is 4.14. The molecule has 1 N–H and O–H groups in total. The van der Waals surface area contributed by atoms with Crippen LogP contribution in [-0.2, 0) is 9.53 Å². The highest BCUT2D eigenvalue weighted by atomic mass is 16.5. The maximum atomic E-state index is 12.5. The molecule has 0 aliphatic carbocycles. The fourth-order valence-corrected chi connectivity index (χ4v) is 2.40. The van der Waals surface area contributed by atoms with E-state index >= 15 is 0 Å². The van der Waals surface area contributed by atoms with Gasteiger partial charge in [-0.1, -0.05) is 18.1 Å². The third kappa shape index (κ3) is 2.43. The number of aromatic nitrogens is 5. The average molecular weight is 300 g/mol. The zero-order chi connectivity index (χ0) is 15.5. The van der Waals surface area contributed by atoms with Gasteiger partial charge in [-0.05, 0) is 35.4 Å². The molecule has 1 aliphatic rings. The lowest BCUT2D eigenvalue weighted by atomic mass is 9.97. The predicted molar refractivity (Wildman–Crippen MR) is 77.8 cm³/mol. The number of hydrogen-bond donors (Lipinski definition) is 1. The van der Waals surface area contributed by atoms with Crippen molar-refractivity contribution in [3.8, 4) is 0 Å². The van der Waals surface area contributed by atoms with E-state index in [4.69, 9.17) is 4.74 Å². The van der Waals surface area contributed by atoms with Crippen molar-refractivity contribution in [2.75, 3.05) is 11.9 Å². The Kier molecular flexibility index (Phi) is 3.82. The molecule has 2 aromatic heterocycles. The summed E-state index contributed by atoms with van der Waals surface area (Å²) in [6.45, 7) is 4.13. The molecule has 8 nitrogen and oxygen atoms in total. The number of pyridine rings is 1. The second-order valence-electron chi connectivity index (χ2n) is 4.94. The van der Waals surface area contributed by atoms with Crippen molar-refractivity contribution in [3.63, 3.8) is 0 Å². The molecule has 22 heavy (non-hydrogen) atoms. The SMILES string of the molecule is CCCOC(=O)C1=C(C)Nc2nnnn2C1c1cccnc1. The van der Waals surface area contributed by atoms with Gasteiger partial charge < -0.3 is 10.1 Å². The minimum Gasteiger partial charge on any atom is -0.462 e. The highest BCUT2D eigenvalue weighted by Crippen LogP contribution is 2.34. The molecule has 0 saturated heterocycles. The third-order valence-corrected chi connectivity index (χ3v) is 3.37. The van der Waals surface area contributed by atoms with Crippen LogP contribution in [0.4, 0.5) is 5.95 Å². The number of tetrazole rings is 1. The van der Waals surface area contributed by atoms with Crippen molar-refractivity contribution in [1.82, 2.24) is 25.2 Å². The molecular formula is C14H16N6O2. The van der Waals surface area contributed by atoms with E-state index in [1.807, 2.05) is 26.0 Å². The van der Waals surface area contributed by atoms with Crippen LogP contribution in [0.3, 0.4) is 0 Å². The van der Waals surface area contributed by atoms with Crippen LogP contribution in [0.15, 0.2) is 35.8 Å². The molecule has 0 fully saturated rings. The van der Waals surface area contributed by atoms with E-state index < -0.39 is 6.04 Å². The summed E-state index contributed by atoms with van der Waals surface area (Å²) in [5.74, 6) is 0.111. The molecule has 0 radical (unpaired) electrons. The zero-order valence-electron chi connectivity index (χ0n) is 12.4. The van der Waals surface area contributed by atoms with Gasteiger partial charge in [-0.15, -0.1) is 0 Å². The number of hydrogen-bond acceptors (Lipinski definition) is 7. The lowest BCUT2D eigenvalue weighted by Crippen LogP contribution is -2.29. The van der Waals surface area contributed by atoms with Gasteiger partial charge in [-0.2, -0.15) is 4.68 Å². The minimum absolute atomic E-state index is 0.373. The number of rotatable bonds is 4. The first-order valence-electron chi connectivity index (χ1n) is 7.05. The van der Waals surface area contributed by atoms with Crippen LogP contribution in [-0.4, -0.2) is 37.8 Å². The van der Waals surface area contributed by atoms with Crippen LogP contribution in [0.25, 0.3) is 0 Å². The van der Waals surface area contributed by atoms with E-state index in [0.717, 1.165) is 12.0 Å². The van der Waals surface area contributed by atoms with Gasteiger partial charge in [0.15, 0.2) is 0 Å². The van der Waals surface area contributed by atoms with Crippen LogP contribution < -0.4 is 5.32 Å². The molecule has 0 saturated carbocycles. The molecule has 8 heteroatoms. The fourth-order valence-electron chi connectivity index (χ4n) is 2.40. The Morgan fingerprint density at radius 3 is 3.09 bits per heavy atom. The molecular weight excluding hydrogens is 284 g/mol. The van der Waals surface area contributed by atoms with E-state index in [-0.39, 0.29) is 5.97 Å². The van der Waals surface area contributed by atoms with Crippen LogP contribution in [0.5, 0.6) is 0 Å². The summed E-state index contributed by atoms with van der Waals surface area (Å²) < 4.78 is 6.87. The molecule has 0 spiro atoms. The van der Waals surface area contributed by atoms with Gasteiger partial charge >= 0.3 is 5.97 Å². The molecule has 3 rings (SSSR count). The molecule has 1 unspecified atom stereocenters. The lowest BCUT2D eigenvalue weighted by molar-refractivity contribution is -0.139. The zero-order valence-corrected chi connectivity index (χ0v) is 12.4. The van der Waals surface area contributed by atoms with Gasteiger partial charge in [-0.25, -0.2) is 4.79 Å². The summed E-state index contributed by atoms with van der Waals surface area (Å²) in [5.41, 5.74) is 1.99. The van der Waals surface area contributed by atoms with Crippen molar-refractivity contribution >= 4 is 11.9 Å². The van der Waals surface area contributed by atoms with Crippen molar-refractivity contribution in [2.24, 2.45) is 0 Å². The number of anilines is 1. The Morgan fingerprint density at radius 1 is 1.50 bits per heavy atom. The molecule has 3 heterocycles. The largest absolute Gasteiger partial charge is 0.462 e. The lowest BCUT2D eigenvalue weighted by Gasteiger charge is -2.27. The molecule has 114 valence electrons. The Bertz CT molecular complexity index is 709. The van der Waals surface area contributed by atoms with Crippen molar-refractivity contribution in [2.45, 2.75) is 26.3 Å². The van der Waals surface area contributed by atoms with Gasteiger partial charge in [0, 0.05) is 18.1 Å². The van der Waals surface area contributed by atoms with Crippen LogP contribution in [0, 0.1) is 0 Å². The predicted octanol–water partition coefficient (Wildman–Crippen LogP) is 1.31. The molecule has 1 aliphatic heterocycles. The highest BCUT2D eigenvalue weighted by molar-refractivity contribution is 5.92. The van der Waals surface area contributed by atoms with Gasteiger partial charge in [-0.3, -0.25) is 4.98 Å². The van der Waals surface area contributed by atoms with E-state index in [1.165, 1.54) is 0 Å². The first-order valence-corrected chi connectivity index (χ1v) is 7.05.